The summed E-state index contributed by atoms with van der Waals surface area (Å²) in [5, 5.41) is 8.89. The zero-order valence-corrected chi connectivity index (χ0v) is 10.1. The maximum absolute atomic E-state index is 13.5. The largest absolute Gasteiger partial charge is 0.489 e. The van der Waals surface area contributed by atoms with Crippen molar-refractivity contribution in [3.05, 3.63) is 23.5 Å². The lowest BCUT2D eigenvalue weighted by Crippen LogP contribution is -2.30. The number of carboxylic acids is 1. The Bertz CT molecular complexity index is 444. The number of nitrogen functional groups attached to an aromatic ring is 1. The summed E-state index contributed by atoms with van der Waals surface area (Å²) in [5.74, 6) is -1.56. The lowest BCUT2D eigenvalue weighted by atomic mass is 9.95. The van der Waals surface area contributed by atoms with Crippen LogP contribution in [0.15, 0.2) is 12.1 Å². The number of nitrogens with two attached hydrogens (primary N) is 1. The van der Waals surface area contributed by atoms with Crippen molar-refractivity contribution >= 4 is 11.7 Å². The fourth-order valence-corrected chi connectivity index (χ4v) is 1.10. The van der Waals surface area contributed by atoms with Crippen molar-refractivity contribution in [1.29, 1.82) is 0 Å². The van der Waals surface area contributed by atoms with E-state index in [2.05, 4.69) is 0 Å². The van der Waals surface area contributed by atoms with Gasteiger partial charge in [-0.3, -0.25) is 4.79 Å². The van der Waals surface area contributed by atoms with Crippen LogP contribution in [0.4, 0.5) is 10.1 Å². The van der Waals surface area contributed by atoms with Gasteiger partial charge in [0.25, 0.3) is 0 Å². The molecule has 0 aliphatic heterocycles. The zero-order valence-electron chi connectivity index (χ0n) is 10.1. The Kier molecular flexibility index (Phi) is 3.60. The van der Waals surface area contributed by atoms with Crippen LogP contribution in [0.3, 0.4) is 0 Å². The number of rotatable bonds is 4. The molecule has 0 amide bonds. The van der Waals surface area contributed by atoms with Crippen LogP contribution in [0.5, 0.6) is 5.75 Å². The third-order valence-corrected chi connectivity index (χ3v) is 2.49. The van der Waals surface area contributed by atoms with Gasteiger partial charge in [-0.2, -0.15) is 0 Å². The minimum Gasteiger partial charge on any atom is -0.489 e. The molecule has 0 saturated heterocycles. The first-order valence-electron chi connectivity index (χ1n) is 5.16. The van der Waals surface area contributed by atoms with E-state index in [1.807, 2.05) is 0 Å². The van der Waals surface area contributed by atoms with Crippen LogP contribution in [0, 0.1) is 18.2 Å². The standard InChI is InChI=1S/C12H16FNO3/c1-7-4-10(8(13)5-9(7)14)17-6-12(2,3)11(15)16/h4-5H,6,14H2,1-3H3,(H,15,16). The SMILES string of the molecule is Cc1cc(OCC(C)(C)C(=O)O)c(F)cc1N. The molecule has 0 atom stereocenters. The molecule has 94 valence electrons. The Balaban J connectivity index is 2.83. The summed E-state index contributed by atoms with van der Waals surface area (Å²) in [6.45, 7) is 4.64. The van der Waals surface area contributed by atoms with E-state index in [1.165, 1.54) is 26.0 Å². The average molecular weight is 241 g/mol. The highest BCUT2D eigenvalue weighted by atomic mass is 19.1. The first kappa shape index (κ1) is 13.3. The molecule has 0 radical (unpaired) electrons. The molecule has 0 aliphatic rings. The minimum atomic E-state index is -1.07. The fourth-order valence-electron chi connectivity index (χ4n) is 1.10. The van der Waals surface area contributed by atoms with E-state index >= 15 is 0 Å². The van der Waals surface area contributed by atoms with Gasteiger partial charge < -0.3 is 15.6 Å². The summed E-state index contributed by atoms with van der Waals surface area (Å²) in [5.41, 5.74) is 5.49. The number of anilines is 1. The molecule has 0 unspecified atom stereocenters. The van der Waals surface area contributed by atoms with Crippen LogP contribution in [0.1, 0.15) is 19.4 Å². The van der Waals surface area contributed by atoms with Crippen LogP contribution in [-0.4, -0.2) is 17.7 Å². The summed E-state index contributed by atoms with van der Waals surface area (Å²) < 4.78 is 18.6. The van der Waals surface area contributed by atoms with Crippen molar-refractivity contribution in [3.63, 3.8) is 0 Å². The van der Waals surface area contributed by atoms with Gasteiger partial charge in [0.2, 0.25) is 0 Å². The molecule has 1 aromatic rings. The van der Waals surface area contributed by atoms with E-state index in [4.69, 9.17) is 15.6 Å². The van der Waals surface area contributed by atoms with Crippen LogP contribution < -0.4 is 10.5 Å². The fraction of sp³-hybridized carbons (Fsp3) is 0.417. The van der Waals surface area contributed by atoms with Gasteiger partial charge in [-0.25, -0.2) is 4.39 Å². The van der Waals surface area contributed by atoms with E-state index in [-0.39, 0.29) is 12.4 Å². The molecule has 0 saturated carbocycles. The van der Waals surface area contributed by atoms with Crippen molar-refractivity contribution in [3.8, 4) is 5.75 Å². The maximum Gasteiger partial charge on any atom is 0.312 e. The van der Waals surface area contributed by atoms with Crippen molar-refractivity contribution in [2.24, 2.45) is 5.41 Å². The van der Waals surface area contributed by atoms with Gasteiger partial charge in [-0.1, -0.05) is 0 Å². The average Bonchev–Trinajstić information content (AvgIpc) is 2.21. The molecule has 17 heavy (non-hydrogen) atoms. The summed E-state index contributed by atoms with van der Waals surface area (Å²) in [4.78, 5) is 10.9. The number of aliphatic carboxylic acids is 1. The first-order valence-corrected chi connectivity index (χ1v) is 5.16. The molecule has 3 N–H and O–H groups in total. The highest BCUT2D eigenvalue weighted by Gasteiger charge is 2.28. The second-order valence-corrected chi connectivity index (χ2v) is 4.62. The summed E-state index contributed by atoms with van der Waals surface area (Å²) >= 11 is 0. The number of aryl methyl sites for hydroxylation is 1. The smallest absolute Gasteiger partial charge is 0.312 e. The van der Waals surface area contributed by atoms with E-state index < -0.39 is 17.2 Å². The molecular weight excluding hydrogens is 225 g/mol. The highest BCUT2D eigenvalue weighted by molar-refractivity contribution is 5.73. The van der Waals surface area contributed by atoms with Crippen LogP contribution in [0.2, 0.25) is 0 Å². The Morgan fingerprint density at radius 1 is 1.53 bits per heavy atom. The van der Waals surface area contributed by atoms with E-state index in [0.29, 0.717) is 11.3 Å². The second-order valence-electron chi connectivity index (χ2n) is 4.62. The highest BCUT2D eigenvalue weighted by Crippen LogP contribution is 2.25. The third-order valence-electron chi connectivity index (χ3n) is 2.49. The predicted octanol–water partition coefficient (Wildman–Crippen LogP) is 2.21. The Hall–Kier alpha value is -1.78. The normalized spacial score (nSPS) is 11.3. The number of halogens is 1. The number of carboxylic acid groups (broad SMARTS) is 1. The van der Waals surface area contributed by atoms with Crippen molar-refractivity contribution in [2.45, 2.75) is 20.8 Å². The topological polar surface area (TPSA) is 72.5 Å². The Labute approximate surface area is 99.2 Å². The number of hydrogen-bond acceptors (Lipinski definition) is 3. The zero-order chi connectivity index (χ0) is 13.2. The number of ether oxygens (including phenoxy) is 1. The molecule has 5 heteroatoms. The van der Waals surface area contributed by atoms with E-state index in [1.54, 1.807) is 6.92 Å². The minimum absolute atomic E-state index is 0.0195. The molecule has 1 rings (SSSR count). The lowest BCUT2D eigenvalue weighted by molar-refractivity contribution is -0.148. The monoisotopic (exact) mass is 241 g/mol. The molecule has 0 aliphatic carbocycles. The van der Waals surface area contributed by atoms with Gasteiger partial charge in [0.05, 0.1) is 5.41 Å². The molecule has 1 aromatic carbocycles. The molecular formula is C12H16FNO3. The second kappa shape index (κ2) is 4.61. The van der Waals surface area contributed by atoms with Gasteiger partial charge in [0.15, 0.2) is 11.6 Å². The summed E-state index contributed by atoms with van der Waals surface area (Å²) in [7, 11) is 0. The molecule has 0 spiro atoms. The predicted molar refractivity (Wildman–Crippen MR) is 62.5 cm³/mol. The number of carbonyl (C=O) groups is 1. The number of hydrogen-bond donors (Lipinski definition) is 2. The molecule has 0 fully saturated rings. The van der Waals surface area contributed by atoms with Crippen LogP contribution >= 0.6 is 0 Å². The molecule has 4 nitrogen and oxygen atoms in total. The van der Waals surface area contributed by atoms with E-state index in [0.717, 1.165) is 0 Å². The van der Waals surface area contributed by atoms with Gasteiger partial charge in [-0.15, -0.1) is 0 Å². The van der Waals surface area contributed by atoms with Gasteiger partial charge in [-0.05, 0) is 32.4 Å². The van der Waals surface area contributed by atoms with Crippen molar-refractivity contribution in [2.75, 3.05) is 12.3 Å². The Morgan fingerprint density at radius 3 is 2.65 bits per heavy atom. The summed E-state index contributed by atoms with van der Waals surface area (Å²) in [6.07, 6.45) is 0. The van der Waals surface area contributed by atoms with Crippen molar-refractivity contribution in [1.82, 2.24) is 0 Å². The molecule has 0 aromatic heterocycles. The summed E-state index contributed by atoms with van der Waals surface area (Å²) in [6, 6.07) is 2.63. The molecule has 0 heterocycles. The lowest BCUT2D eigenvalue weighted by Gasteiger charge is -2.20. The maximum atomic E-state index is 13.5. The van der Waals surface area contributed by atoms with Crippen molar-refractivity contribution < 1.29 is 19.0 Å². The third kappa shape index (κ3) is 3.09. The van der Waals surface area contributed by atoms with Crippen LogP contribution in [-0.2, 0) is 4.79 Å². The number of benzene rings is 1. The first-order chi connectivity index (χ1) is 7.74. The van der Waals surface area contributed by atoms with Gasteiger partial charge in [0.1, 0.15) is 6.61 Å². The Morgan fingerprint density at radius 2 is 2.12 bits per heavy atom. The van der Waals surface area contributed by atoms with Gasteiger partial charge >= 0.3 is 5.97 Å². The quantitative estimate of drug-likeness (QED) is 0.793. The van der Waals surface area contributed by atoms with Crippen LogP contribution in [0.25, 0.3) is 0 Å². The van der Waals surface area contributed by atoms with Gasteiger partial charge in [0, 0.05) is 11.8 Å². The molecule has 0 bridgehead atoms. The van der Waals surface area contributed by atoms with E-state index in [9.17, 15) is 9.18 Å².